The van der Waals surface area contributed by atoms with Gasteiger partial charge >= 0.3 is 0 Å². The first-order valence-electron chi connectivity index (χ1n) is 6.66. The highest BCUT2D eigenvalue weighted by atomic mass is 16.2. The van der Waals surface area contributed by atoms with E-state index < -0.39 is 0 Å². The van der Waals surface area contributed by atoms with Gasteiger partial charge in [-0.15, -0.1) is 0 Å². The second-order valence-electron chi connectivity index (χ2n) is 4.22. The molecule has 0 fully saturated rings. The predicted molar refractivity (Wildman–Crippen MR) is 76.7 cm³/mol. The van der Waals surface area contributed by atoms with Gasteiger partial charge in [-0.05, 0) is 18.9 Å². The Morgan fingerprint density at radius 1 is 1.37 bits per heavy atom. The summed E-state index contributed by atoms with van der Waals surface area (Å²) in [7, 11) is 0. The topological polar surface area (TPSA) is 59.2 Å². The molecular formula is C15H21N3O. The van der Waals surface area contributed by atoms with Crippen molar-refractivity contribution in [2.24, 2.45) is 5.73 Å². The molecule has 102 valence electrons. The molecule has 1 aromatic rings. The van der Waals surface area contributed by atoms with E-state index in [1.165, 1.54) is 0 Å². The Bertz CT molecular complexity index is 468. The number of rotatable bonds is 5. The Morgan fingerprint density at radius 3 is 2.63 bits per heavy atom. The van der Waals surface area contributed by atoms with Gasteiger partial charge in [0, 0.05) is 25.5 Å². The molecule has 4 nitrogen and oxygen atoms in total. The molecule has 4 heteroatoms. The van der Waals surface area contributed by atoms with Crippen LogP contribution in [0.2, 0.25) is 0 Å². The van der Waals surface area contributed by atoms with Gasteiger partial charge in [-0.25, -0.2) is 0 Å². The fourth-order valence-corrected chi connectivity index (χ4v) is 1.85. The fraction of sp³-hybridized carbons (Fsp3) is 0.467. The lowest BCUT2D eigenvalue weighted by atomic mass is 10.1. The number of nitrogens with two attached hydrogens (primary N) is 1. The Kier molecular flexibility index (Phi) is 6.62. The first-order valence-corrected chi connectivity index (χ1v) is 6.66. The van der Waals surface area contributed by atoms with Crippen LogP contribution in [-0.2, 0) is 0 Å². The predicted octanol–water partition coefficient (Wildman–Crippen LogP) is 1.65. The molecule has 0 unspecified atom stereocenters. The second-order valence-corrected chi connectivity index (χ2v) is 4.22. The molecule has 0 saturated carbocycles. The van der Waals surface area contributed by atoms with E-state index in [0.29, 0.717) is 11.1 Å². The zero-order chi connectivity index (χ0) is 14.1. The first kappa shape index (κ1) is 15.2. The molecule has 0 aromatic carbocycles. The lowest BCUT2D eigenvalue weighted by Gasteiger charge is -2.21. The zero-order valence-electron chi connectivity index (χ0n) is 11.6. The number of pyridine rings is 1. The molecule has 0 aliphatic heterocycles. The minimum Gasteiger partial charge on any atom is -0.339 e. The normalized spacial score (nSPS) is 9.63. The summed E-state index contributed by atoms with van der Waals surface area (Å²) < 4.78 is 0. The molecule has 0 saturated heterocycles. The number of hydrogen-bond donors (Lipinski definition) is 1. The van der Waals surface area contributed by atoms with Crippen LogP contribution in [0.25, 0.3) is 0 Å². The third-order valence-electron chi connectivity index (χ3n) is 2.65. The Labute approximate surface area is 115 Å². The van der Waals surface area contributed by atoms with Crippen molar-refractivity contribution in [3.05, 3.63) is 29.6 Å². The summed E-state index contributed by atoms with van der Waals surface area (Å²) in [5.74, 6) is 5.70. The number of carbonyl (C=O) groups excluding carboxylic acids is 1. The van der Waals surface area contributed by atoms with E-state index in [2.05, 4.69) is 30.7 Å². The van der Waals surface area contributed by atoms with Gasteiger partial charge in [0.05, 0.1) is 17.7 Å². The van der Waals surface area contributed by atoms with Gasteiger partial charge in [0.15, 0.2) is 0 Å². The summed E-state index contributed by atoms with van der Waals surface area (Å²) in [6.07, 6.45) is 5.13. The molecule has 0 aliphatic carbocycles. The summed E-state index contributed by atoms with van der Waals surface area (Å²) in [5, 5.41) is 0. The minimum atomic E-state index is 0.0208. The van der Waals surface area contributed by atoms with Crippen LogP contribution in [0.3, 0.4) is 0 Å². The third-order valence-corrected chi connectivity index (χ3v) is 2.65. The average Bonchev–Trinajstić information content (AvgIpc) is 2.44. The average molecular weight is 259 g/mol. The van der Waals surface area contributed by atoms with E-state index >= 15 is 0 Å². The Balaban J connectivity index is 3.03. The Morgan fingerprint density at radius 2 is 2.05 bits per heavy atom. The maximum Gasteiger partial charge on any atom is 0.255 e. The number of aromatic nitrogens is 1. The van der Waals surface area contributed by atoms with E-state index in [4.69, 9.17) is 5.73 Å². The number of hydrogen-bond acceptors (Lipinski definition) is 3. The van der Waals surface area contributed by atoms with Crippen LogP contribution in [0.1, 0.15) is 42.6 Å². The van der Waals surface area contributed by atoms with Crippen LogP contribution in [0, 0.1) is 11.8 Å². The molecule has 0 bridgehead atoms. The second kappa shape index (κ2) is 8.28. The van der Waals surface area contributed by atoms with E-state index in [0.717, 1.165) is 25.9 Å². The van der Waals surface area contributed by atoms with Crippen LogP contribution >= 0.6 is 0 Å². The van der Waals surface area contributed by atoms with Crippen LogP contribution in [0.5, 0.6) is 0 Å². The quantitative estimate of drug-likeness (QED) is 0.818. The van der Waals surface area contributed by atoms with E-state index in [1.807, 2.05) is 4.90 Å². The summed E-state index contributed by atoms with van der Waals surface area (Å²) in [6.45, 7) is 5.93. The van der Waals surface area contributed by atoms with Gasteiger partial charge in [0.1, 0.15) is 0 Å². The monoisotopic (exact) mass is 259 g/mol. The highest BCUT2D eigenvalue weighted by Gasteiger charge is 2.16. The van der Waals surface area contributed by atoms with Crippen molar-refractivity contribution in [1.82, 2.24) is 9.88 Å². The number of amides is 1. The van der Waals surface area contributed by atoms with Crippen molar-refractivity contribution in [2.45, 2.75) is 26.7 Å². The maximum atomic E-state index is 12.5. The summed E-state index contributed by atoms with van der Waals surface area (Å²) >= 11 is 0. The van der Waals surface area contributed by atoms with Crippen LogP contribution in [-0.4, -0.2) is 35.4 Å². The van der Waals surface area contributed by atoms with Crippen LogP contribution in [0.4, 0.5) is 0 Å². The molecule has 1 heterocycles. The maximum absolute atomic E-state index is 12.5. The minimum absolute atomic E-state index is 0.0208. The number of carbonyl (C=O) groups is 1. The SMILES string of the molecule is CCCN(CCC)C(=O)c1ccncc1C#CCN. The molecule has 1 rings (SSSR count). The van der Waals surface area contributed by atoms with E-state index in [9.17, 15) is 4.79 Å². The van der Waals surface area contributed by atoms with Gasteiger partial charge in [-0.3, -0.25) is 9.78 Å². The molecular weight excluding hydrogens is 238 g/mol. The summed E-state index contributed by atoms with van der Waals surface area (Å²) in [4.78, 5) is 18.4. The lowest BCUT2D eigenvalue weighted by molar-refractivity contribution is 0.0755. The largest absolute Gasteiger partial charge is 0.339 e. The van der Waals surface area contributed by atoms with Crippen molar-refractivity contribution in [3.63, 3.8) is 0 Å². The van der Waals surface area contributed by atoms with Crippen molar-refractivity contribution in [1.29, 1.82) is 0 Å². The van der Waals surface area contributed by atoms with Crippen LogP contribution in [0.15, 0.2) is 18.5 Å². The third kappa shape index (κ3) is 4.38. The van der Waals surface area contributed by atoms with Crippen LogP contribution < -0.4 is 5.73 Å². The van der Waals surface area contributed by atoms with Crippen molar-refractivity contribution < 1.29 is 4.79 Å². The summed E-state index contributed by atoms with van der Waals surface area (Å²) in [6, 6.07) is 1.72. The van der Waals surface area contributed by atoms with Gasteiger partial charge in [-0.1, -0.05) is 25.7 Å². The van der Waals surface area contributed by atoms with Gasteiger partial charge in [-0.2, -0.15) is 0 Å². The standard InChI is InChI=1S/C15H21N3O/c1-3-10-18(11-4-2)15(19)14-7-9-17-12-13(14)6-5-8-16/h7,9,12H,3-4,8,10-11,16H2,1-2H3. The zero-order valence-corrected chi connectivity index (χ0v) is 11.6. The van der Waals surface area contributed by atoms with Crippen molar-refractivity contribution in [2.75, 3.05) is 19.6 Å². The molecule has 19 heavy (non-hydrogen) atoms. The first-order chi connectivity index (χ1) is 9.24. The molecule has 0 radical (unpaired) electrons. The van der Waals surface area contributed by atoms with Gasteiger partial charge < -0.3 is 10.6 Å². The van der Waals surface area contributed by atoms with E-state index in [1.54, 1.807) is 18.5 Å². The molecule has 0 spiro atoms. The van der Waals surface area contributed by atoms with Crippen molar-refractivity contribution >= 4 is 5.91 Å². The van der Waals surface area contributed by atoms with Crippen molar-refractivity contribution in [3.8, 4) is 11.8 Å². The lowest BCUT2D eigenvalue weighted by Crippen LogP contribution is -2.33. The van der Waals surface area contributed by atoms with Gasteiger partial charge in [0.2, 0.25) is 0 Å². The molecule has 2 N–H and O–H groups in total. The molecule has 1 amide bonds. The molecule has 0 aliphatic rings. The molecule has 0 atom stereocenters. The van der Waals surface area contributed by atoms with E-state index in [-0.39, 0.29) is 12.5 Å². The number of nitrogens with zero attached hydrogens (tertiary/aromatic N) is 2. The summed E-state index contributed by atoms with van der Waals surface area (Å²) in [5.41, 5.74) is 6.63. The fourth-order valence-electron chi connectivity index (χ4n) is 1.85. The highest BCUT2D eigenvalue weighted by Crippen LogP contribution is 2.10. The van der Waals surface area contributed by atoms with Gasteiger partial charge in [0.25, 0.3) is 5.91 Å². The smallest absolute Gasteiger partial charge is 0.255 e. The Hall–Kier alpha value is -1.86. The molecule has 1 aromatic heterocycles. The highest BCUT2D eigenvalue weighted by molar-refractivity contribution is 5.96.